The van der Waals surface area contributed by atoms with E-state index in [4.69, 9.17) is 5.11 Å². The van der Waals surface area contributed by atoms with Gasteiger partial charge in [-0.1, -0.05) is 12.1 Å². The smallest absolute Gasteiger partial charge is 0.416 e. The summed E-state index contributed by atoms with van der Waals surface area (Å²) in [7, 11) is 0. The van der Waals surface area contributed by atoms with Gasteiger partial charge in [0.2, 0.25) is 5.91 Å². The molecule has 1 fully saturated rings. The number of hydrogen-bond acceptors (Lipinski definition) is 3. The Morgan fingerprint density at radius 1 is 1.21 bits per heavy atom. The summed E-state index contributed by atoms with van der Waals surface area (Å²) in [6, 6.07) is 8.15. The second kappa shape index (κ2) is 8.23. The summed E-state index contributed by atoms with van der Waals surface area (Å²) in [5.41, 5.74) is 0.667. The van der Waals surface area contributed by atoms with Crippen LogP contribution in [0.4, 0.5) is 13.2 Å². The zero-order chi connectivity index (χ0) is 21.2. The third kappa shape index (κ3) is 5.13. The Balaban J connectivity index is 2.01. The number of halogens is 3. The van der Waals surface area contributed by atoms with Crippen LogP contribution in [0.1, 0.15) is 36.6 Å². The molecule has 1 saturated carbocycles. The lowest BCUT2D eigenvalue weighted by Crippen LogP contribution is -2.31. The first-order valence-corrected chi connectivity index (χ1v) is 9.36. The summed E-state index contributed by atoms with van der Waals surface area (Å²) in [5.74, 6) is -1.14. The van der Waals surface area contributed by atoms with Gasteiger partial charge in [-0.3, -0.25) is 14.6 Å². The molecule has 1 aromatic carbocycles. The van der Waals surface area contributed by atoms with Gasteiger partial charge in [0.25, 0.3) is 0 Å². The number of benzene rings is 1. The molecule has 1 amide bonds. The number of amides is 1. The van der Waals surface area contributed by atoms with Crippen molar-refractivity contribution in [2.75, 3.05) is 6.54 Å². The molecule has 1 N–H and O–H groups in total. The van der Waals surface area contributed by atoms with E-state index in [-0.39, 0.29) is 24.8 Å². The lowest BCUT2D eigenvalue weighted by molar-refractivity contribution is -0.138. The number of carboxylic acids is 1. The monoisotopic (exact) mass is 406 g/mol. The van der Waals surface area contributed by atoms with Crippen LogP contribution in [-0.2, 0) is 28.7 Å². The molecule has 29 heavy (non-hydrogen) atoms. The normalized spacial score (nSPS) is 13.9. The molecule has 5 nitrogen and oxygen atoms in total. The Morgan fingerprint density at radius 2 is 1.93 bits per heavy atom. The SMILES string of the molecule is CCN(Cc1cc(C(F)(F)F)ccc1-c1cccc(CC(=O)O)n1)C(=O)C1CC1. The van der Waals surface area contributed by atoms with Gasteiger partial charge in [0.15, 0.2) is 0 Å². The van der Waals surface area contributed by atoms with Crippen LogP contribution in [0, 0.1) is 5.92 Å². The number of carboxylic acid groups (broad SMARTS) is 1. The molecule has 1 heterocycles. The zero-order valence-electron chi connectivity index (χ0n) is 15.9. The van der Waals surface area contributed by atoms with Crippen LogP contribution in [0.25, 0.3) is 11.3 Å². The average Bonchev–Trinajstić information content (AvgIpc) is 3.49. The van der Waals surface area contributed by atoms with E-state index in [1.165, 1.54) is 6.07 Å². The number of aromatic nitrogens is 1. The molecule has 0 bridgehead atoms. The Labute approximate surface area is 166 Å². The van der Waals surface area contributed by atoms with Crippen LogP contribution < -0.4 is 0 Å². The van der Waals surface area contributed by atoms with Crippen molar-refractivity contribution in [2.24, 2.45) is 5.92 Å². The second-order valence-electron chi connectivity index (χ2n) is 7.08. The van der Waals surface area contributed by atoms with Gasteiger partial charge in [0.05, 0.1) is 23.4 Å². The van der Waals surface area contributed by atoms with Crippen LogP contribution in [0.5, 0.6) is 0 Å². The van der Waals surface area contributed by atoms with Crippen LogP contribution in [0.15, 0.2) is 36.4 Å². The lowest BCUT2D eigenvalue weighted by Gasteiger charge is -2.23. The fourth-order valence-corrected chi connectivity index (χ4v) is 3.17. The van der Waals surface area contributed by atoms with Gasteiger partial charge in [-0.25, -0.2) is 0 Å². The predicted molar refractivity (Wildman–Crippen MR) is 99.8 cm³/mol. The van der Waals surface area contributed by atoms with Gasteiger partial charge < -0.3 is 10.0 Å². The van der Waals surface area contributed by atoms with Crippen LogP contribution in [-0.4, -0.2) is 33.4 Å². The molecule has 0 unspecified atom stereocenters. The molecule has 0 atom stereocenters. The first-order valence-electron chi connectivity index (χ1n) is 9.36. The molecular formula is C21H21F3N2O3. The number of carbonyl (C=O) groups is 2. The van der Waals surface area contributed by atoms with Gasteiger partial charge in [-0.15, -0.1) is 0 Å². The number of hydrogen-bond donors (Lipinski definition) is 1. The Hall–Kier alpha value is -2.90. The van der Waals surface area contributed by atoms with E-state index in [0.29, 0.717) is 29.1 Å². The first kappa shape index (κ1) is 20.8. The molecule has 154 valence electrons. The van der Waals surface area contributed by atoms with Crippen molar-refractivity contribution in [3.05, 3.63) is 53.2 Å². The highest BCUT2D eigenvalue weighted by molar-refractivity contribution is 5.81. The van der Waals surface area contributed by atoms with E-state index in [1.807, 2.05) is 0 Å². The summed E-state index contributed by atoms with van der Waals surface area (Å²) in [6.07, 6.45) is -3.18. The number of aliphatic carboxylic acids is 1. The third-order valence-electron chi connectivity index (χ3n) is 4.83. The van der Waals surface area contributed by atoms with Gasteiger partial charge >= 0.3 is 12.1 Å². The molecule has 0 saturated heterocycles. The van der Waals surface area contributed by atoms with Crippen molar-refractivity contribution >= 4 is 11.9 Å². The maximum Gasteiger partial charge on any atom is 0.416 e. The van der Waals surface area contributed by atoms with Crippen molar-refractivity contribution in [2.45, 2.75) is 38.9 Å². The largest absolute Gasteiger partial charge is 0.481 e. The number of rotatable bonds is 7. The quantitative estimate of drug-likeness (QED) is 0.750. The maximum atomic E-state index is 13.3. The summed E-state index contributed by atoms with van der Waals surface area (Å²) in [6.45, 7) is 2.22. The summed E-state index contributed by atoms with van der Waals surface area (Å²) in [5, 5.41) is 8.97. The molecule has 3 rings (SSSR count). The topological polar surface area (TPSA) is 70.5 Å². The minimum absolute atomic E-state index is 0.0376. The van der Waals surface area contributed by atoms with Gasteiger partial charge in [0.1, 0.15) is 0 Å². The molecule has 0 aliphatic heterocycles. The summed E-state index contributed by atoms with van der Waals surface area (Å²) in [4.78, 5) is 29.3. The van der Waals surface area contributed by atoms with Crippen LogP contribution in [0.3, 0.4) is 0 Å². The van der Waals surface area contributed by atoms with E-state index in [9.17, 15) is 22.8 Å². The molecule has 1 aliphatic rings. The standard InChI is InChI=1S/C21H21F3N2O3/c1-2-26(20(29)13-6-7-13)12-14-10-15(21(22,23)24)8-9-17(14)18-5-3-4-16(25-18)11-19(27)28/h3-5,8-10,13H,2,6-7,11-12H2,1H3,(H,27,28). The molecule has 1 aromatic heterocycles. The van der Waals surface area contributed by atoms with Gasteiger partial charge in [0, 0.05) is 24.6 Å². The third-order valence-corrected chi connectivity index (χ3v) is 4.83. The van der Waals surface area contributed by atoms with Crippen LogP contribution >= 0.6 is 0 Å². The fourth-order valence-electron chi connectivity index (χ4n) is 3.17. The van der Waals surface area contributed by atoms with Crippen molar-refractivity contribution < 1.29 is 27.9 Å². The molecule has 2 aromatic rings. The molecule has 0 spiro atoms. The average molecular weight is 406 g/mol. The van der Waals surface area contributed by atoms with E-state index in [0.717, 1.165) is 25.0 Å². The number of carbonyl (C=O) groups excluding carboxylic acids is 1. The van der Waals surface area contributed by atoms with E-state index in [2.05, 4.69) is 4.98 Å². The van der Waals surface area contributed by atoms with Gasteiger partial charge in [-0.2, -0.15) is 13.2 Å². The predicted octanol–water partition coefficient (Wildman–Crippen LogP) is 4.15. The fraction of sp³-hybridized carbons (Fsp3) is 0.381. The molecule has 0 radical (unpaired) electrons. The molecular weight excluding hydrogens is 385 g/mol. The van der Waals surface area contributed by atoms with Gasteiger partial charge in [-0.05, 0) is 49.6 Å². The molecule has 1 aliphatic carbocycles. The maximum absolute atomic E-state index is 13.3. The number of nitrogens with zero attached hydrogens (tertiary/aromatic N) is 2. The van der Waals surface area contributed by atoms with Crippen molar-refractivity contribution in [1.82, 2.24) is 9.88 Å². The van der Waals surface area contributed by atoms with E-state index in [1.54, 1.807) is 30.0 Å². The van der Waals surface area contributed by atoms with Crippen molar-refractivity contribution in [1.29, 1.82) is 0 Å². The van der Waals surface area contributed by atoms with E-state index < -0.39 is 17.7 Å². The molecule has 8 heteroatoms. The van der Waals surface area contributed by atoms with E-state index >= 15 is 0 Å². The summed E-state index contributed by atoms with van der Waals surface area (Å²) >= 11 is 0. The Bertz CT molecular complexity index is 924. The highest BCUT2D eigenvalue weighted by Gasteiger charge is 2.34. The zero-order valence-corrected chi connectivity index (χ0v) is 15.9. The lowest BCUT2D eigenvalue weighted by atomic mass is 9.99. The number of pyridine rings is 1. The first-order chi connectivity index (χ1) is 13.7. The minimum atomic E-state index is -4.51. The number of alkyl halides is 3. The van der Waals surface area contributed by atoms with Crippen molar-refractivity contribution in [3.8, 4) is 11.3 Å². The highest BCUT2D eigenvalue weighted by Crippen LogP contribution is 2.35. The minimum Gasteiger partial charge on any atom is -0.481 e. The summed E-state index contributed by atoms with van der Waals surface area (Å²) < 4.78 is 39.8. The highest BCUT2D eigenvalue weighted by atomic mass is 19.4. The Morgan fingerprint density at radius 3 is 2.52 bits per heavy atom. The second-order valence-corrected chi connectivity index (χ2v) is 7.08. The van der Waals surface area contributed by atoms with Crippen molar-refractivity contribution in [3.63, 3.8) is 0 Å². The Kier molecular flexibility index (Phi) is 5.91. The van der Waals surface area contributed by atoms with Crippen LogP contribution in [0.2, 0.25) is 0 Å².